The number of hydrogen-bond donors (Lipinski definition) is 0. The molecule has 0 aromatic carbocycles. The number of carbonyl (C=O) groups excluding carboxylic acids is 2. The molecule has 0 aliphatic heterocycles. The third kappa shape index (κ3) is 6.08. The number of esters is 1. The maximum atomic E-state index is 10.7. The van der Waals surface area contributed by atoms with E-state index >= 15 is 0 Å². The minimum Gasteiger partial charge on any atom is -0.469 e. The van der Waals surface area contributed by atoms with Crippen LogP contribution in [0.1, 0.15) is 25.7 Å². The predicted octanol–water partition coefficient (Wildman–Crippen LogP) is 1.72. The molecule has 0 radical (unpaired) electrons. The lowest BCUT2D eigenvalue weighted by molar-refractivity contribution is -0.140. The highest BCUT2D eigenvalue weighted by molar-refractivity contribution is 5.69. The van der Waals surface area contributed by atoms with Crippen LogP contribution in [0.3, 0.4) is 0 Å². The van der Waals surface area contributed by atoms with E-state index in [9.17, 15) is 9.59 Å². The van der Waals surface area contributed by atoms with Crippen molar-refractivity contribution in [2.75, 3.05) is 7.11 Å². The van der Waals surface area contributed by atoms with Crippen molar-refractivity contribution in [1.29, 1.82) is 0 Å². The minimum atomic E-state index is -0.219. The second kappa shape index (κ2) is 7.53. The first-order valence-corrected chi connectivity index (χ1v) is 4.37. The second-order valence-corrected chi connectivity index (χ2v) is 2.89. The van der Waals surface area contributed by atoms with E-state index in [2.05, 4.69) is 11.3 Å². The molecule has 13 heavy (non-hydrogen) atoms. The Balaban J connectivity index is 3.54. The largest absolute Gasteiger partial charge is 0.469 e. The Morgan fingerprint density at radius 2 is 2.31 bits per heavy atom. The van der Waals surface area contributed by atoms with Crippen molar-refractivity contribution >= 4 is 12.3 Å². The highest BCUT2D eigenvalue weighted by Gasteiger charge is 2.06. The third-order valence-corrected chi connectivity index (χ3v) is 1.85. The van der Waals surface area contributed by atoms with E-state index < -0.39 is 0 Å². The van der Waals surface area contributed by atoms with Gasteiger partial charge in [0.25, 0.3) is 0 Å². The Morgan fingerprint density at radius 1 is 1.62 bits per heavy atom. The lowest BCUT2D eigenvalue weighted by atomic mass is 10.0. The molecule has 1 atom stereocenters. The smallest absolute Gasteiger partial charge is 0.305 e. The molecule has 3 heteroatoms. The van der Waals surface area contributed by atoms with Crippen LogP contribution >= 0.6 is 0 Å². The van der Waals surface area contributed by atoms with Crippen molar-refractivity contribution in [1.82, 2.24) is 0 Å². The van der Waals surface area contributed by atoms with Gasteiger partial charge >= 0.3 is 5.97 Å². The normalized spacial score (nSPS) is 11.8. The molecule has 0 aliphatic carbocycles. The summed E-state index contributed by atoms with van der Waals surface area (Å²) in [6.07, 6.45) is 5.13. The van der Waals surface area contributed by atoms with Crippen LogP contribution < -0.4 is 0 Å². The lowest BCUT2D eigenvalue weighted by Crippen LogP contribution is -2.04. The van der Waals surface area contributed by atoms with E-state index in [-0.39, 0.29) is 11.9 Å². The fraction of sp³-hybridized carbons (Fsp3) is 0.600. The molecule has 0 rings (SSSR count). The second-order valence-electron chi connectivity index (χ2n) is 2.89. The highest BCUT2D eigenvalue weighted by atomic mass is 16.5. The Kier molecular flexibility index (Phi) is 6.88. The number of allylic oxidation sites excluding steroid dienone is 1. The van der Waals surface area contributed by atoms with Gasteiger partial charge in [0.05, 0.1) is 7.11 Å². The van der Waals surface area contributed by atoms with Gasteiger partial charge in [-0.25, -0.2) is 0 Å². The van der Waals surface area contributed by atoms with Gasteiger partial charge in [-0.3, -0.25) is 4.79 Å². The molecule has 0 fully saturated rings. The first-order valence-electron chi connectivity index (χ1n) is 4.37. The van der Waals surface area contributed by atoms with E-state index in [4.69, 9.17) is 0 Å². The van der Waals surface area contributed by atoms with Gasteiger partial charge in [-0.2, -0.15) is 0 Å². The van der Waals surface area contributed by atoms with Crippen molar-refractivity contribution in [2.45, 2.75) is 25.7 Å². The molecule has 0 aliphatic rings. The van der Waals surface area contributed by atoms with Crippen LogP contribution in [0.15, 0.2) is 12.7 Å². The number of rotatable bonds is 7. The number of hydrogen-bond acceptors (Lipinski definition) is 3. The zero-order valence-electron chi connectivity index (χ0n) is 7.99. The summed E-state index contributed by atoms with van der Waals surface area (Å²) in [6.45, 7) is 3.56. The van der Waals surface area contributed by atoms with E-state index in [0.717, 1.165) is 12.7 Å². The average Bonchev–Trinajstić information content (AvgIpc) is 2.16. The molecular formula is C10H16O3. The Labute approximate surface area is 78.8 Å². The van der Waals surface area contributed by atoms with Crippen LogP contribution in [0.2, 0.25) is 0 Å². The first kappa shape index (κ1) is 11.9. The maximum absolute atomic E-state index is 10.7. The van der Waals surface area contributed by atoms with Gasteiger partial charge in [0.1, 0.15) is 6.29 Å². The molecule has 0 unspecified atom stereocenters. The van der Waals surface area contributed by atoms with Crippen molar-refractivity contribution in [2.24, 2.45) is 5.92 Å². The summed E-state index contributed by atoms with van der Waals surface area (Å²) in [6, 6.07) is 0. The molecule has 0 heterocycles. The van der Waals surface area contributed by atoms with E-state index in [1.807, 2.05) is 0 Å². The average molecular weight is 184 g/mol. The van der Waals surface area contributed by atoms with Crippen LogP contribution in [-0.2, 0) is 14.3 Å². The molecule has 0 aromatic heterocycles. The Morgan fingerprint density at radius 3 is 2.77 bits per heavy atom. The van der Waals surface area contributed by atoms with Crippen LogP contribution in [0.25, 0.3) is 0 Å². The summed E-state index contributed by atoms with van der Waals surface area (Å²) in [4.78, 5) is 21.2. The Hall–Kier alpha value is -1.12. The zero-order chi connectivity index (χ0) is 10.1. The van der Waals surface area contributed by atoms with E-state index in [0.29, 0.717) is 19.3 Å². The van der Waals surface area contributed by atoms with Crippen molar-refractivity contribution in [3.63, 3.8) is 0 Å². The summed E-state index contributed by atoms with van der Waals surface area (Å²) in [5.41, 5.74) is 0. The topological polar surface area (TPSA) is 43.4 Å². The summed E-state index contributed by atoms with van der Waals surface area (Å²) < 4.78 is 4.48. The zero-order valence-corrected chi connectivity index (χ0v) is 7.99. The first-order chi connectivity index (χ1) is 6.24. The molecule has 3 nitrogen and oxygen atoms in total. The SMILES string of the molecule is C=CC[C@@H](C=O)CCCC(=O)OC. The molecule has 0 saturated heterocycles. The lowest BCUT2D eigenvalue weighted by Gasteiger charge is -2.05. The van der Waals surface area contributed by atoms with Gasteiger partial charge in [-0.05, 0) is 19.3 Å². The van der Waals surface area contributed by atoms with E-state index in [1.54, 1.807) is 6.08 Å². The van der Waals surface area contributed by atoms with Crippen LogP contribution in [0.5, 0.6) is 0 Å². The molecule has 0 aromatic rings. The summed E-state index contributed by atoms with van der Waals surface area (Å²) in [5, 5.41) is 0. The summed E-state index contributed by atoms with van der Waals surface area (Å²) >= 11 is 0. The molecule has 0 amide bonds. The van der Waals surface area contributed by atoms with E-state index in [1.165, 1.54) is 7.11 Å². The van der Waals surface area contributed by atoms with Crippen molar-refractivity contribution in [3.05, 3.63) is 12.7 Å². The number of ether oxygens (including phenoxy) is 1. The predicted molar refractivity (Wildman–Crippen MR) is 50.2 cm³/mol. The molecule has 0 bridgehead atoms. The highest BCUT2D eigenvalue weighted by Crippen LogP contribution is 2.10. The van der Waals surface area contributed by atoms with Crippen LogP contribution in [-0.4, -0.2) is 19.4 Å². The molecule has 0 spiro atoms. The number of carbonyl (C=O) groups is 2. The van der Waals surface area contributed by atoms with Gasteiger partial charge < -0.3 is 9.53 Å². The van der Waals surface area contributed by atoms with Crippen molar-refractivity contribution in [3.8, 4) is 0 Å². The molecule has 0 saturated carbocycles. The monoisotopic (exact) mass is 184 g/mol. The fourth-order valence-electron chi connectivity index (χ4n) is 1.07. The fourth-order valence-corrected chi connectivity index (χ4v) is 1.07. The quantitative estimate of drug-likeness (QED) is 0.344. The number of methoxy groups -OCH3 is 1. The van der Waals surface area contributed by atoms with Crippen LogP contribution in [0, 0.1) is 5.92 Å². The van der Waals surface area contributed by atoms with Gasteiger partial charge in [0.2, 0.25) is 0 Å². The van der Waals surface area contributed by atoms with Gasteiger partial charge in [0.15, 0.2) is 0 Å². The standard InChI is InChI=1S/C10H16O3/c1-3-5-9(8-11)6-4-7-10(12)13-2/h3,8-9H,1,4-7H2,2H3/t9-/m1/s1. The van der Waals surface area contributed by atoms with Gasteiger partial charge in [0, 0.05) is 12.3 Å². The van der Waals surface area contributed by atoms with Crippen molar-refractivity contribution < 1.29 is 14.3 Å². The maximum Gasteiger partial charge on any atom is 0.305 e. The minimum absolute atomic E-state index is 0.00200. The Bertz CT molecular complexity index is 175. The molecule has 0 N–H and O–H groups in total. The number of aldehydes is 1. The molecule has 74 valence electrons. The third-order valence-electron chi connectivity index (χ3n) is 1.85. The van der Waals surface area contributed by atoms with Crippen LogP contribution in [0.4, 0.5) is 0 Å². The summed E-state index contributed by atoms with van der Waals surface area (Å²) in [5.74, 6) is -0.217. The van der Waals surface area contributed by atoms with Gasteiger partial charge in [-0.15, -0.1) is 6.58 Å². The van der Waals surface area contributed by atoms with Gasteiger partial charge in [-0.1, -0.05) is 6.08 Å². The summed E-state index contributed by atoms with van der Waals surface area (Å²) in [7, 11) is 1.36. The molecular weight excluding hydrogens is 168 g/mol.